The van der Waals surface area contributed by atoms with Crippen LogP contribution in [0.15, 0.2) is 127 Å². The summed E-state index contributed by atoms with van der Waals surface area (Å²) in [6.45, 7) is 0. The van der Waals surface area contributed by atoms with E-state index < -0.39 is 7.92 Å². The summed E-state index contributed by atoms with van der Waals surface area (Å²) in [5.41, 5.74) is 2.16. The summed E-state index contributed by atoms with van der Waals surface area (Å²) >= 11 is 0. The zero-order valence-corrected chi connectivity index (χ0v) is 18.0. The van der Waals surface area contributed by atoms with Crippen LogP contribution in [0.3, 0.4) is 0 Å². The molecule has 0 radical (unpaired) electrons. The number of hydrogen-bond acceptors (Lipinski definition) is 0. The van der Waals surface area contributed by atoms with Crippen molar-refractivity contribution in [2.75, 3.05) is 0 Å². The highest BCUT2D eigenvalue weighted by Gasteiger charge is 2.18. The molecule has 146 valence electrons. The van der Waals surface area contributed by atoms with E-state index in [4.69, 9.17) is 0 Å². The molecule has 0 heterocycles. The van der Waals surface area contributed by atoms with E-state index in [1.165, 1.54) is 26.7 Å². The van der Waals surface area contributed by atoms with Gasteiger partial charge in [0.2, 0.25) is 0 Å². The van der Waals surface area contributed by atoms with Crippen LogP contribution in [0, 0.1) is 11.8 Å². The van der Waals surface area contributed by atoms with Gasteiger partial charge in [-0.1, -0.05) is 127 Å². The molecule has 0 amide bonds. The largest absolute Gasteiger partial charge is 0.0622 e. The molecule has 0 aliphatic heterocycles. The summed E-state index contributed by atoms with van der Waals surface area (Å²) in [5, 5.41) is 6.38. The number of rotatable bonds is 3. The van der Waals surface area contributed by atoms with Crippen LogP contribution in [0.4, 0.5) is 0 Å². The smallest absolute Gasteiger partial charge is 0.0332 e. The number of hydrogen-bond donors (Lipinski definition) is 0. The molecule has 0 nitrogen and oxygen atoms in total. The summed E-state index contributed by atoms with van der Waals surface area (Å²) in [6.07, 6.45) is 0. The van der Waals surface area contributed by atoms with Crippen LogP contribution >= 0.6 is 7.92 Å². The first-order valence-electron chi connectivity index (χ1n) is 10.4. The van der Waals surface area contributed by atoms with Gasteiger partial charge in [-0.15, -0.1) is 0 Å². The second-order valence-electron chi connectivity index (χ2n) is 7.30. The molecular weight excluding hydrogens is 391 g/mol. The molecule has 0 bridgehead atoms. The van der Waals surface area contributed by atoms with Crippen LogP contribution in [0.1, 0.15) is 11.1 Å². The number of benzene rings is 5. The fraction of sp³-hybridized carbons (Fsp3) is 0. The maximum atomic E-state index is 3.51. The molecule has 5 aromatic carbocycles. The Morgan fingerprint density at radius 1 is 0.419 bits per heavy atom. The van der Waals surface area contributed by atoms with E-state index in [1.807, 2.05) is 0 Å². The molecule has 0 saturated carbocycles. The molecule has 1 heteroatoms. The Kier molecular flexibility index (Phi) is 5.62. The molecule has 0 aromatic heterocycles. The molecule has 31 heavy (non-hydrogen) atoms. The maximum absolute atomic E-state index is 3.51. The van der Waals surface area contributed by atoms with Crippen molar-refractivity contribution in [1.82, 2.24) is 0 Å². The average molecular weight is 412 g/mol. The minimum Gasteiger partial charge on any atom is -0.0622 e. The second-order valence-corrected chi connectivity index (χ2v) is 9.49. The number of fused-ring (bicyclic) bond motifs is 1. The Bertz CT molecular complexity index is 1330. The Hall–Kier alpha value is -3.65. The molecule has 0 aliphatic rings. The van der Waals surface area contributed by atoms with E-state index in [9.17, 15) is 0 Å². The zero-order valence-electron chi connectivity index (χ0n) is 17.1. The lowest BCUT2D eigenvalue weighted by Gasteiger charge is -2.20. The van der Waals surface area contributed by atoms with E-state index in [0.29, 0.717) is 0 Å². The summed E-state index contributed by atoms with van der Waals surface area (Å²) in [6, 6.07) is 44.9. The molecule has 5 rings (SSSR count). The van der Waals surface area contributed by atoms with Crippen molar-refractivity contribution in [2.24, 2.45) is 0 Å². The van der Waals surface area contributed by atoms with Crippen molar-refractivity contribution in [2.45, 2.75) is 0 Å². The molecule has 0 spiro atoms. The van der Waals surface area contributed by atoms with Gasteiger partial charge in [0.25, 0.3) is 0 Å². The quantitative estimate of drug-likeness (QED) is 0.252. The Morgan fingerprint density at radius 3 is 1.68 bits per heavy atom. The highest BCUT2D eigenvalue weighted by atomic mass is 31.1. The molecule has 0 fully saturated rings. The summed E-state index contributed by atoms with van der Waals surface area (Å²) in [5.74, 6) is 6.97. The van der Waals surface area contributed by atoms with Crippen molar-refractivity contribution < 1.29 is 0 Å². The van der Waals surface area contributed by atoms with Gasteiger partial charge in [-0.2, -0.15) is 0 Å². The fourth-order valence-corrected chi connectivity index (χ4v) is 6.23. The van der Waals surface area contributed by atoms with Gasteiger partial charge < -0.3 is 0 Å². The highest BCUT2D eigenvalue weighted by molar-refractivity contribution is 7.79. The highest BCUT2D eigenvalue weighted by Crippen LogP contribution is 2.33. The second kappa shape index (κ2) is 9.01. The van der Waals surface area contributed by atoms with Gasteiger partial charge in [0.05, 0.1) is 0 Å². The predicted octanol–water partition coefficient (Wildman–Crippen LogP) is 6.00. The van der Waals surface area contributed by atoms with Crippen molar-refractivity contribution >= 4 is 34.6 Å². The summed E-state index contributed by atoms with van der Waals surface area (Å²) in [7, 11) is -0.684. The molecule has 0 saturated heterocycles. The summed E-state index contributed by atoms with van der Waals surface area (Å²) < 4.78 is 0. The average Bonchev–Trinajstić information content (AvgIpc) is 2.85. The molecular formula is C30H21P. The first kappa shape index (κ1) is 19.3. The monoisotopic (exact) mass is 412 g/mol. The van der Waals surface area contributed by atoms with Gasteiger partial charge in [0.15, 0.2) is 0 Å². The van der Waals surface area contributed by atoms with Crippen molar-refractivity contribution in [3.05, 3.63) is 139 Å². The van der Waals surface area contributed by atoms with Crippen molar-refractivity contribution in [1.29, 1.82) is 0 Å². The predicted molar refractivity (Wildman–Crippen MR) is 135 cm³/mol. The molecule has 0 N–H and O–H groups in total. The molecule has 0 atom stereocenters. The third-order valence-electron chi connectivity index (χ3n) is 5.30. The van der Waals surface area contributed by atoms with Crippen LogP contribution in [-0.4, -0.2) is 0 Å². The molecule has 0 unspecified atom stereocenters. The molecule has 0 aliphatic carbocycles. The van der Waals surface area contributed by atoms with E-state index in [0.717, 1.165) is 11.1 Å². The van der Waals surface area contributed by atoms with Gasteiger partial charge in [-0.25, -0.2) is 0 Å². The van der Waals surface area contributed by atoms with Gasteiger partial charge in [0.1, 0.15) is 0 Å². The normalized spacial score (nSPS) is 10.6. The SMILES string of the molecule is C(#Cc1cccc2ccccc12)c1ccccc1P(c1ccccc1)c1ccccc1. The first-order chi connectivity index (χ1) is 15.4. The van der Waals surface area contributed by atoms with Crippen LogP contribution < -0.4 is 15.9 Å². The van der Waals surface area contributed by atoms with E-state index in [1.54, 1.807) is 0 Å². The van der Waals surface area contributed by atoms with Crippen LogP contribution in [-0.2, 0) is 0 Å². The van der Waals surface area contributed by atoms with Gasteiger partial charge in [-0.05, 0) is 41.4 Å². The lowest BCUT2D eigenvalue weighted by molar-refractivity contribution is 1.68. The maximum Gasteiger partial charge on any atom is 0.0332 e. The topological polar surface area (TPSA) is 0 Å². The van der Waals surface area contributed by atoms with Gasteiger partial charge in [-0.3, -0.25) is 0 Å². The first-order valence-corrected chi connectivity index (χ1v) is 11.7. The van der Waals surface area contributed by atoms with Crippen molar-refractivity contribution in [3.63, 3.8) is 0 Å². The third kappa shape index (κ3) is 4.15. The van der Waals surface area contributed by atoms with Crippen molar-refractivity contribution in [3.8, 4) is 11.8 Å². The molecule has 5 aromatic rings. The van der Waals surface area contributed by atoms with E-state index >= 15 is 0 Å². The lowest BCUT2D eigenvalue weighted by Crippen LogP contribution is -2.22. The third-order valence-corrected chi connectivity index (χ3v) is 7.80. The Morgan fingerprint density at radius 2 is 0.935 bits per heavy atom. The summed E-state index contributed by atoms with van der Waals surface area (Å²) in [4.78, 5) is 0. The standard InChI is InChI=1S/C30H21P/c1-3-16-27(17-4-1)31(28-18-5-2-6-19-28)30-21-10-8-13-26(30)23-22-25-15-11-14-24-12-7-9-20-29(24)25/h1-21H. The lowest BCUT2D eigenvalue weighted by atomic mass is 10.0. The minimum atomic E-state index is -0.684. The van der Waals surface area contributed by atoms with Gasteiger partial charge in [0, 0.05) is 16.4 Å². The Balaban J connectivity index is 1.65. The van der Waals surface area contributed by atoms with E-state index in [2.05, 4.69) is 139 Å². The van der Waals surface area contributed by atoms with Gasteiger partial charge >= 0.3 is 0 Å². The fourth-order valence-electron chi connectivity index (χ4n) is 3.82. The van der Waals surface area contributed by atoms with Crippen LogP contribution in [0.25, 0.3) is 10.8 Å². The van der Waals surface area contributed by atoms with Crippen LogP contribution in [0.2, 0.25) is 0 Å². The Labute approximate surface area is 185 Å². The van der Waals surface area contributed by atoms with Crippen LogP contribution in [0.5, 0.6) is 0 Å². The van der Waals surface area contributed by atoms with E-state index in [-0.39, 0.29) is 0 Å². The zero-order chi connectivity index (χ0) is 20.9. The minimum absolute atomic E-state index is 0.684.